The van der Waals surface area contributed by atoms with E-state index in [2.05, 4.69) is 122 Å². The van der Waals surface area contributed by atoms with Crippen LogP contribution in [0.2, 0.25) is 0 Å². The van der Waals surface area contributed by atoms with Gasteiger partial charge in [0.2, 0.25) is 12.7 Å². The highest BCUT2D eigenvalue weighted by molar-refractivity contribution is 5.43. The average Bonchev–Trinajstić information content (AvgIpc) is 3.27. The van der Waals surface area contributed by atoms with Crippen molar-refractivity contribution in [2.24, 2.45) is 10.8 Å². The zero-order valence-electron chi connectivity index (χ0n) is 18.4. The third-order valence-corrected chi connectivity index (χ3v) is 5.05. The van der Waals surface area contributed by atoms with Crippen molar-refractivity contribution < 1.29 is 9.13 Å². The second-order valence-electron chi connectivity index (χ2n) is 10.3. The van der Waals surface area contributed by atoms with Crippen molar-refractivity contribution in [1.82, 2.24) is 9.13 Å². The maximum absolute atomic E-state index is 2.29. The van der Waals surface area contributed by atoms with E-state index in [4.69, 9.17) is 0 Å². The van der Waals surface area contributed by atoms with Gasteiger partial charge in [-0.1, -0.05) is 47.6 Å². The first-order valence-corrected chi connectivity index (χ1v) is 10.3. The van der Waals surface area contributed by atoms with Crippen molar-refractivity contribution in [3.8, 4) is 11.4 Å². The fraction of sp³-hybridized carbons (Fsp3) is 0.500. The molecule has 3 rings (SSSR count). The van der Waals surface area contributed by atoms with Gasteiger partial charge in [-0.25, -0.2) is 18.3 Å². The number of aromatic nitrogens is 4. The number of benzene rings is 1. The normalized spacial score (nSPS) is 12.5. The summed E-state index contributed by atoms with van der Waals surface area (Å²) in [5, 5.41) is 0. The van der Waals surface area contributed by atoms with Gasteiger partial charge in [-0.05, 0) is 35.8 Å². The standard InChI is InChI=1S/C24H36N4/c1-23(2,3)10-12-25-14-16-27(19-25)21-8-7-9-22(18-21)28-17-15-26(20-28)13-11-24(4,5)6/h7-9,14-20H,10-13H2,1-6H3/q+2. The Morgan fingerprint density at radius 1 is 0.714 bits per heavy atom. The highest BCUT2D eigenvalue weighted by Crippen LogP contribution is 2.19. The minimum absolute atomic E-state index is 0.353. The summed E-state index contributed by atoms with van der Waals surface area (Å²) in [5.74, 6) is 0. The van der Waals surface area contributed by atoms with Crippen LogP contribution in [0.3, 0.4) is 0 Å². The predicted molar refractivity (Wildman–Crippen MR) is 114 cm³/mol. The van der Waals surface area contributed by atoms with Crippen molar-refractivity contribution in [3.63, 3.8) is 0 Å². The summed E-state index contributed by atoms with van der Waals surface area (Å²) in [4.78, 5) is 0. The van der Waals surface area contributed by atoms with Crippen molar-refractivity contribution >= 4 is 0 Å². The van der Waals surface area contributed by atoms with Crippen LogP contribution in [0, 0.1) is 10.8 Å². The van der Waals surface area contributed by atoms with Crippen molar-refractivity contribution in [3.05, 3.63) is 61.7 Å². The second-order valence-corrected chi connectivity index (χ2v) is 10.3. The van der Waals surface area contributed by atoms with E-state index in [1.165, 1.54) is 24.2 Å². The Kier molecular flexibility index (Phi) is 5.78. The van der Waals surface area contributed by atoms with Crippen molar-refractivity contribution in [2.45, 2.75) is 67.5 Å². The molecule has 0 spiro atoms. The maximum Gasteiger partial charge on any atom is 0.248 e. The van der Waals surface area contributed by atoms with Gasteiger partial charge in [0.15, 0.2) is 0 Å². The molecule has 4 nitrogen and oxygen atoms in total. The molecule has 2 aromatic heterocycles. The molecule has 0 fully saturated rings. The molecule has 0 atom stereocenters. The minimum Gasteiger partial charge on any atom is -0.236 e. The molecule has 0 aliphatic heterocycles. The molecule has 0 amide bonds. The summed E-state index contributed by atoms with van der Waals surface area (Å²) in [6, 6.07) is 8.69. The molecule has 0 aliphatic carbocycles. The van der Waals surface area contributed by atoms with Gasteiger partial charge in [-0.15, -0.1) is 0 Å². The molecule has 0 saturated carbocycles. The Labute approximate surface area is 170 Å². The molecule has 0 radical (unpaired) electrons. The molecular weight excluding hydrogens is 344 g/mol. The minimum atomic E-state index is 0.353. The van der Waals surface area contributed by atoms with E-state index in [9.17, 15) is 0 Å². The number of aryl methyl sites for hydroxylation is 2. The van der Waals surface area contributed by atoms with Crippen LogP contribution in [-0.4, -0.2) is 9.13 Å². The molecule has 2 heterocycles. The van der Waals surface area contributed by atoms with E-state index in [1.807, 2.05) is 0 Å². The van der Waals surface area contributed by atoms with Crippen LogP contribution in [-0.2, 0) is 13.1 Å². The molecule has 4 heteroatoms. The first-order chi connectivity index (χ1) is 13.1. The van der Waals surface area contributed by atoms with Crippen LogP contribution in [0.15, 0.2) is 61.7 Å². The molecular formula is C24H36N4+2. The second kappa shape index (κ2) is 7.94. The lowest BCUT2D eigenvalue weighted by molar-refractivity contribution is -0.698. The first kappa shape index (κ1) is 20.4. The summed E-state index contributed by atoms with van der Waals surface area (Å²) < 4.78 is 8.94. The zero-order chi connectivity index (χ0) is 20.4. The number of imidazole rings is 2. The van der Waals surface area contributed by atoms with Gasteiger partial charge in [-0.2, -0.15) is 0 Å². The largest absolute Gasteiger partial charge is 0.248 e. The number of rotatable bonds is 6. The van der Waals surface area contributed by atoms with E-state index >= 15 is 0 Å². The molecule has 28 heavy (non-hydrogen) atoms. The van der Waals surface area contributed by atoms with Gasteiger partial charge >= 0.3 is 0 Å². The molecule has 150 valence electrons. The van der Waals surface area contributed by atoms with Gasteiger partial charge in [-0.3, -0.25) is 0 Å². The van der Waals surface area contributed by atoms with Gasteiger partial charge in [0.25, 0.3) is 0 Å². The smallest absolute Gasteiger partial charge is 0.236 e. The summed E-state index contributed by atoms with van der Waals surface area (Å²) in [7, 11) is 0. The van der Waals surface area contributed by atoms with E-state index in [1.54, 1.807) is 0 Å². The lowest BCUT2D eigenvalue weighted by Gasteiger charge is -2.15. The molecule has 3 aromatic rings. The van der Waals surface area contributed by atoms with Gasteiger partial charge in [0.05, 0.1) is 13.1 Å². The van der Waals surface area contributed by atoms with E-state index in [0.717, 1.165) is 13.1 Å². The van der Waals surface area contributed by atoms with Crippen molar-refractivity contribution in [2.75, 3.05) is 0 Å². The van der Waals surface area contributed by atoms with Crippen molar-refractivity contribution in [1.29, 1.82) is 0 Å². The van der Waals surface area contributed by atoms with E-state index in [-0.39, 0.29) is 0 Å². The van der Waals surface area contributed by atoms with Gasteiger partial charge in [0, 0.05) is 6.07 Å². The Hall–Kier alpha value is -2.36. The van der Waals surface area contributed by atoms with Crippen LogP contribution in [0.5, 0.6) is 0 Å². The van der Waals surface area contributed by atoms with Crippen LogP contribution in [0.1, 0.15) is 54.4 Å². The van der Waals surface area contributed by atoms with Crippen LogP contribution in [0.4, 0.5) is 0 Å². The maximum atomic E-state index is 2.29. The summed E-state index contributed by atoms with van der Waals surface area (Å²) in [6.45, 7) is 15.8. The Balaban J connectivity index is 1.73. The van der Waals surface area contributed by atoms with Crippen LogP contribution >= 0.6 is 0 Å². The fourth-order valence-electron chi connectivity index (χ4n) is 3.10. The Morgan fingerprint density at radius 3 is 1.54 bits per heavy atom. The van der Waals surface area contributed by atoms with E-state index in [0.29, 0.717) is 10.8 Å². The summed E-state index contributed by atoms with van der Waals surface area (Å²) in [5.41, 5.74) is 3.07. The highest BCUT2D eigenvalue weighted by Gasteiger charge is 2.16. The van der Waals surface area contributed by atoms with Crippen LogP contribution in [0.25, 0.3) is 11.4 Å². The van der Waals surface area contributed by atoms with Crippen LogP contribution < -0.4 is 9.13 Å². The highest BCUT2D eigenvalue weighted by atomic mass is 15.1. The molecule has 0 N–H and O–H groups in total. The predicted octanol–water partition coefficient (Wildman–Crippen LogP) is 4.72. The lowest BCUT2D eigenvalue weighted by atomic mass is 9.92. The molecule has 0 saturated heterocycles. The zero-order valence-corrected chi connectivity index (χ0v) is 18.4. The molecule has 0 unspecified atom stereocenters. The van der Waals surface area contributed by atoms with Gasteiger partial charge < -0.3 is 0 Å². The average molecular weight is 381 g/mol. The van der Waals surface area contributed by atoms with E-state index < -0.39 is 0 Å². The molecule has 1 aromatic carbocycles. The third kappa shape index (κ3) is 5.82. The number of hydrogen-bond donors (Lipinski definition) is 0. The fourth-order valence-corrected chi connectivity index (χ4v) is 3.10. The first-order valence-electron chi connectivity index (χ1n) is 10.3. The Morgan fingerprint density at radius 2 is 1.14 bits per heavy atom. The lowest BCUT2D eigenvalue weighted by Crippen LogP contribution is -2.33. The third-order valence-electron chi connectivity index (χ3n) is 5.05. The molecule has 0 bridgehead atoms. The summed E-state index contributed by atoms with van der Waals surface area (Å²) in [6.07, 6.45) is 15.3. The molecule has 0 aliphatic rings. The SMILES string of the molecule is CC(C)(C)CC[n+]1ccn(-c2cccc(-n3cc[n+](CCC(C)(C)C)c3)c2)c1. The number of nitrogens with zero attached hydrogens (tertiary/aromatic N) is 4. The monoisotopic (exact) mass is 380 g/mol. The quantitative estimate of drug-likeness (QED) is 0.551. The van der Waals surface area contributed by atoms with Gasteiger partial charge in [0.1, 0.15) is 36.2 Å². The number of hydrogen-bond acceptors (Lipinski definition) is 0. The summed E-state index contributed by atoms with van der Waals surface area (Å²) >= 11 is 0. The topological polar surface area (TPSA) is 17.6 Å². The Bertz CT molecular complexity index is 832.